The Bertz CT molecular complexity index is 406. The average molecular weight is 219 g/mol. The lowest BCUT2D eigenvalue weighted by atomic mass is 10.4. The number of imidazole rings is 1. The van der Waals surface area contributed by atoms with Gasteiger partial charge in [0, 0.05) is 38.9 Å². The highest BCUT2D eigenvalue weighted by atomic mass is 16.5. The molecule has 0 bridgehead atoms. The van der Waals surface area contributed by atoms with Crippen molar-refractivity contribution < 1.29 is 4.74 Å². The molecule has 0 aliphatic rings. The monoisotopic (exact) mass is 219 g/mol. The van der Waals surface area contributed by atoms with Crippen molar-refractivity contribution in [3.63, 3.8) is 0 Å². The highest BCUT2D eigenvalue weighted by Crippen LogP contribution is 2.04. The number of hydrogen-bond donors (Lipinski definition) is 0. The predicted molar refractivity (Wildman–Crippen MR) is 62.3 cm³/mol. The Morgan fingerprint density at radius 1 is 1.31 bits per heavy atom. The molecule has 0 fully saturated rings. The first-order valence-electron chi connectivity index (χ1n) is 5.49. The molecule has 0 unspecified atom stereocenters. The van der Waals surface area contributed by atoms with Crippen molar-refractivity contribution in [1.29, 1.82) is 0 Å². The zero-order valence-corrected chi connectivity index (χ0v) is 9.54. The first-order chi connectivity index (χ1) is 7.90. The van der Waals surface area contributed by atoms with Crippen molar-refractivity contribution in [3.05, 3.63) is 42.7 Å². The molecule has 2 rings (SSSR count). The SMILES string of the molecule is COCCCn1cncc1Cn1cccc1. The van der Waals surface area contributed by atoms with E-state index in [1.807, 2.05) is 24.7 Å². The fraction of sp³-hybridized carbons (Fsp3) is 0.417. The van der Waals surface area contributed by atoms with Gasteiger partial charge in [-0.05, 0) is 18.6 Å². The maximum absolute atomic E-state index is 5.05. The third-order valence-corrected chi connectivity index (χ3v) is 2.56. The van der Waals surface area contributed by atoms with Gasteiger partial charge >= 0.3 is 0 Å². The van der Waals surface area contributed by atoms with Crippen molar-refractivity contribution >= 4 is 0 Å². The Morgan fingerprint density at radius 3 is 2.88 bits per heavy atom. The van der Waals surface area contributed by atoms with E-state index in [-0.39, 0.29) is 0 Å². The molecular formula is C12H17N3O. The van der Waals surface area contributed by atoms with Crippen LogP contribution < -0.4 is 0 Å². The van der Waals surface area contributed by atoms with E-state index in [1.54, 1.807) is 7.11 Å². The van der Waals surface area contributed by atoms with E-state index in [9.17, 15) is 0 Å². The summed E-state index contributed by atoms with van der Waals surface area (Å²) in [6.45, 7) is 2.63. The van der Waals surface area contributed by atoms with E-state index in [2.05, 4.69) is 26.5 Å². The molecule has 2 heterocycles. The Kier molecular flexibility index (Phi) is 3.77. The number of rotatable bonds is 6. The van der Waals surface area contributed by atoms with Gasteiger partial charge in [-0.1, -0.05) is 0 Å². The van der Waals surface area contributed by atoms with E-state index in [4.69, 9.17) is 4.74 Å². The largest absolute Gasteiger partial charge is 0.385 e. The van der Waals surface area contributed by atoms with E-state index in [0.717, 1.165) is 26.1 Å². The van der Waals surface area contributed by atoms with E-state index in [0.29, 0.717) is 0 Å². The number of hydrogen-bond acceptors (Lipinski definition) is 2. The highest BCUT2D eigenvalue weighted by Gasteiger charge is 2.01. The molecule has 4 heteroatoms. The van der Waals surface area contributed by atoms with E-state index < -0.39 is 0 Å². The van der Waals surface area contributed by atoms with E-state index >= 15 is 0 Å². The van der Waals surface area contributed by atoms with Crippen LogP contribution in [-0.4, -0.2) is 27.8 Å². The number of aromatic nitrogens is 3. The molecule has 16 heavy (non-hydrogen) atoms. The van der Waals surface area contributed by atoms with Crippen LogP contribution >= 0.6 is 0 Å². The standard InChI is InChI=1S/C12H17N3O/c1-16-8-4-7-15-11-13-9-12(15)10-14-5-2-3-6-14/h2-3,5-6,9,11H,4,7-8,10H2,1H3. The van der Waals surface area contributed by atoms with Crippen LogP contribution in [0.25, 0.3) is 0 Å². The summed E-state index contributed by atoms with van der Waals surface area (Å²) in [5.41, 5.74) is 1.23. The molecule has 2 aromatic rings. The lowest BCUT2D eigenvalue weighted by molar-refractivity contribution is 0.190. The van der Waals surface area contributed by atoms with Crippen molar-refractivity contribution in [3.8, 4) is 0 Å². The van der Waals surface area contributed by atoms with E-state index in [1.165, 1.54) is 5.69 Å². The first-order valence-corrected chi connectivity index (χ1v) is 5.49. The predicted octanol–water partition coefficient (Wildman–Crippen LogP) is 1.77. The molecule has 4 nitrogen and oxygen atoms in total. The van der Waals surface area contributed by atoms with Gasteiger partial charge in [0.1, 0.15) is 0 Å². The minimum Gasteiger partial charge on any atom is -0.385 e. The second-order valence-electron chi connectivity index (χ2n) is 3.78. The molecule has 0 aliphatic heterocycles. The molecule has 0 aliphatic carbocycles. The third kappa shape index (κ3) is 2.73. The Balaban J connectivity index is 1.96. The van der Waals surface area contributed by atoms with Crippen molar-refractivity contribution in [2.24, 2.45) is 0 Å². The molecule has 2 aromatic heterocycles. The van der Waals surface area contributed by atoms with Crippen molar-refractivity contribution in [1.82, 2.24) is 14.1 Å². The topological polar surface area (TPSA) is 32.0 Å². The summed E-state index contributed by atoms with van der Waals surface area (Å²) in [5, 5.41) is 0. The van der Waals surface area contributed by atoms with Crippen LogP contribution in [0.1, 0.15) is 12.1 Å². The smallest absolute Gasteiger partial charge is 0.0948 e. The number of nitrogens with zero attached hydrogens (tertiary/aromatic N) is 3. The van der Waals surface area contributed by atoms with Gasteiger partial charge in [0.15, 0.2) is 0 Å². The van der Waals surface area contributed by atoms with Crippen LogP contribution in [0.5, 0.6) is 0 Å². The lowest BCUT2D eigenvalue weighted by Crippen LogP contribution is -2.07. The third-order valence-electron chi connectivity index (χ3n) is 2.56. The quantitative estimate of drug-likeness (QED) is 0.693. The Labute approximate surface area is 95.5 Å². The van der Waals surface area contributed by atoms with Crippen LogP contribution in [0.4, 0.5) is 0 Å². The van der Waals surface area contributed by atoms with Gasteiger partial charge in [-0.15, -0.1) is 0 Å². The summed E-state index contributed by atoms with van der Waals surface area (Å²) >= 11 is 0. The average Bonchev–Trinajstić information content (AvgIpc) is 2.92. The van der Waals surface area contributed by atoms with Gasteiger partial charge in [-0.2, -0.15) is 0 Å². The minimum absolute atomic E-state index is 0.793. The second kappa shape index (κ2) is 5.51. The summed E-state index contributed by atoms with van der Waals surface area (Å²) in [5.74, 6) is 0. The molecule has 0 aromatic carbocycles. The summed E-state index contributed by atoms with van der Waals surface area (Å²) in [6, 6.07) is 4.07. The summed E-state index contributed by atoms with van der Waals surface area (Å²) in [4.78, 5) is 4.19. The fourth-order valence-electron chi connectivity index (χ4n) is 1.72. The van der Waals surface area contributed by atoms with Crippen LogP contribution in [0.2, 0.25) is 0 Å². The van der Waals surface area contributed by atoms with Gasteiger partial charge in [-0.25, -0.2) is 4.98 Å². The molecule has 0 saturated carbocycles. The molecule has 86 valence electrons. The van der Waals surface area contributed by atoms with Gasteiger partial charge in [-0.3, -0.25) is 0 Å². The van der Waals surface area contributed by atoms with Crippen LogP contribution in [-0.2, 0) is 17.8 Å². The minimum atomic E-state index is 0.793. The van der Waals surface area contributed by atoms with Crippen LogP contribution in [0.3, 0.4) is 0 Å². The lowest BCUT2D eigenvalue weighted by Gasteiger charge is -2.08. The highest BCUT2D eigenvalue weighted by molar-refractivity contribution is 5.02. The van der Waals surface area contributed by atoms with Gasteiger partial charge in [0.05, 0.1) is 18.6 Å². The molecule has 0 spiro atoms. The number of aryl methyl sites for hydroxylation is 1. The first kappa shape index (κ1) is 11.0. The molecule has 0 saturated heterocycles. The van der Waals surface area contributed by atoms with Crippen LogP contribution in [0, 0.1) is 0 Å². The molecule has 0 amide bonds. The van der Waals surface area contributed by atoms with Crippen molar-refractivity contribution in [2.75, 3.05) is 13.7 Å². The van der Waals surface area contributed by atoms with Crippen molar-refractivity contribution in [2.45, 2.75) is 19.5 Å². The number of ether oxygens (including phenoxy) is 1. The van der Waals surface area contributed by atoms with Gasteiger partial charge < -0.3 is 13.9 Å². The molecule has 0 atom stereocenters. The summed E-state index contributed by atoms with van der Waals surface area (Å²) < 4.78 is 9.37. The normalized spacial score (nSPS) is 10.8. The summed E-state index contributed by atoms with van der Waals surface area (Å²) in [6.07, 6.45) is 8.95. The Hall–Kier alpha value is -1.55. The van der Waals surface area contributed by atoms with Gasteiger partial charge in [0.2, 0.25) is 0 Å². The summed E-state index contributed by atoms with van der Waals surface area (Å²) in [7, 11) is 1.73. The fourth-order valence-corrected chi connectivity index (χ4v) is 1.72. The zero-order chi connectivity index (χ0) is 11.2. The molecular weight excluding hydrogens is 202 g/mol. The van der Waals surface area contributed by atoms with Gasteiger partial charge in [0.25, 0.3) is 0 Å². The van der Waals surface area contributed by atoms with Crippen LogP contribution in [0.15, 0.2) is 37.1 Å². The maximum atomic E-state index is 5.05. The molecule has 0 N–H and O–H groups in total. The maximum Gasteiger partial charge on any atom is 0.0948 e. The molecule has 0 radical (unpaired) electrons. The number of methoxy groups -OCH3 is 1. The second-order valence-corrected chi connectivity index (χ2v) is 3.78. The Morgan fingerprint density at radius 2 is 2.12 bits per heavy atom. The zero-order valence-electron chi connectivity index (χ0n) is 9.54.